The lowest BCUT2D eigenvalue weighted by molar-refractivity contribution is 0.280. The van der Waals surface area contributed by atoms with Crippen molar-refractivity contribution in [3.8, 4) is 0 Å². The van der Waals surface area contributed by atoms with Crippen molar-refractivity contribution in [2.75, 3.05) is 14.1 Å². The van der Waals surface area contributed by atoms with Crippen LogP contribution in [0.25, 0.3) is 0 Å². The lowest BCUT2D eigenvalue weighted by Gasteiger charge is -2.30. The molecule has 1 aliphatic heterocycles. The molecule has 3 atom stereocenters. The van der Waals surface area contributed by atoms with Crippen molar-refractivity contribution in [3.63, 3.8) is 0 Å². The zero-order valence-electron chi connectivity index (χ0n) is 9.86. The van der Waals surface area contributed by atoms with Gasteiger partial charge in [0.15, 0.2) is 5.11 Å². The molecule has 15 heavy (non-hydrogen) atoms. The van der Waals surface area contributed by atoms with Crippen LogP contribution in [0.2, 0.25) is 5.31 Å². The summed E-state index contributed by atoms with van der Waals surface area (Å²) in [6.45, 7) is 2.17. The Kier molecular flexibility index (Phi) is 2.74. The highest BCUT2D eigenvalue weighted by atomic mass is 32.1. The Bertz CT molecular complexity index is 280. The minimum atomic E-state index is -0.0194. The van der Waals surface area contributed by atoms with Crippen molar-refractivity contribution in [3.05, 3.63) is 0 Å². The van der Waals surface area contributed by atoms with E-state index in [0.717, 1.165) is 18.0 Å². The molecule has 1 saturated heterocycles. The number of rotatable bonds is 0. The molecule has 82 valence electrons. The predicted octanol–water partition coefficient (Wildman–Crippen LogP) is 1.81. The van der Waals surface area contributed by atoms with Crippen LogP contribution in [0.4, 0.5) is 0 Å². The number of fused-ring (bicyclic) bond motifs is 1. The van der Waals surface area contributed by atoms with Crippen LogP contribution in [0.3, 0.4) is 0 Å². The molecule has 0 aromatic rings. The Morgan fingerprint density at radius 3 is 2.60 bits per heavy atom. The third kappa shape index (κ3) is 1.88. The maximum atomic E-state index is 6.30. The molecule has 3 unspecified atom stereocenters. The lowest BCUT2D eigenvalue weighted by Crippen LogP contribution is -2.35. The van der Waals surface area contributed by atoms with E-state index in [1.54, 1.807) is 0 Å². The molecule has 2 nitrogen and oxygen atoms in total. The Morgan fingerprint density at radius 2 is 1.93 bits per heavy atom. The van der Waals surface area contributed by atoms with E-state index in [2.05, 4.69) is 30.8 Å². The van der Waals surface area contributed by atoms with Gasteiger partial charge in [0.25, 0.3) is 0 Å². The van der Waals surface area contributed by atoms with Gasteiger partial charge in [-0.05, 0) is 25.1 Å². The molecular weight excluding hydrogens is 203 g/mol. The van der Waals surface area contributed by atoms with Gasteiger partial charge in [0.1, 0.15) is 0 Å². The zero-order chi connectivity index (χ0) is 11.2. The molecule has 1 aliphatic carbocycles. The van der Waals surface area contributed by atoms with Crippen molar-refractivity contribution in [2.45, 2.75) is 50.0 Å². The molecule has 1 heterocycles. The molecule has 2 aliphatic rings. The Morgan fingerprint density at radius 1 is 1.33 bits per heavy atom. The molecule has 0 N–H and O–H groups in total. The number of hydrogen-bond donors (Lipinski definition) is 0. The first-order chi connectivity index (χ1) is 6.92. The van der Waals surface area contributed by atoms with Crippen LogP contribution in [-0.4, -0.2) is 48.9 Å². The average Bonchev–Trinajstić information content (AvgIpc) is 2.35. The highest BCUT2D eigenvalue weighted by molar-refractivity contribution is 7.80. The van der Waals surface area contributed by atoms with Gasteiger partial charge in [-0.3, -0.25) is 0 Å². The average molecular weight is 222 g/mol. The largest absolute Gasteiger partial charge is 0.347 e. The zero-order valence-corrected chi connectivity index (χ0v) is 10.7. The van der Waals surface area contributed by atoms with E-state index in [9.17, 15) is 0 Å². The third-order valence-corrected chi connectivity index (χ3v) is 4.54. The first-order valence-electron chi connectivity index (χ1n) is 5.71. The monoisotopic (exact) mass is 222 g/mol. The normalized spacial score (nSPS) is 41.7. The van der Waals surface area contributed by atoms with E-state index < -0.39 is 0 Å². The van der Waals surface area contributed by atoms with E-state index in [0.29, 0.717) is 12.1 Å². The molecule has 0 spiro atoms. The van der Waals surface area contributed by atoms with Crippen LogP contribution in [0.1, 0.15) is 32.6 Å². The van der Waals surface area contributed by atoms with Crippen LogP contribution in [-0.2, 0) is 0 Å². The number of nitrogens with zero attached hydrogens (tertiary/aromatic N) is 2. The lowest BCUT2D eigenvalue weighted by atomic mass is 9.65. The van der Waals surface area contributed by atoms with Crippen molar-refractivity contribution >= 4 is 25.2 Å². The molecule has 0 bridgehead atoms. The summed E-state index contributed by atoms with van der Waals surface area (Å²) >= 11 is 5.41. The summed E-state index contributed by atoms with van der Waals surface area (Å²) in [5.41, 5.74) is 0. The molecule has 0 aromatic carbocycles. The van der Waals surface area contributed by atoms with Gasteiger partial charge >= 0.3 is 0 Å². The summed E-state index contributed by atoms with van der Waals surface area (Å²) in [4.78, 5) is 4.48. The number of thiocarbonyl (C=S) groups is 1. The molecule has 0 amide bonds. The second kappa shape index (κ2) is 3.65. The van der Waals surface area contributed by atoms with Crippen LogP contribution in [0.5, 0.6) is 0 Å². The van der Waals surface area contributed by atoms with Gasteiger partial charge in [-0.25, -0.2) is 0 Å². The summed E-state index contributed by atoms with van der Waals surface area (Å²) in [5.74, 6) is 0. The second-order valence-electron chi connectivity index (χ2n) is 5.39. The van der Waals surface area contributed by atoms with Crippen molar-refractivity contribution < 1.29 is 0 Å². The van der Waals surface area contributed by atoms with Crippen molar-refractivity contribution in [2.24, 2.45) is 0 Å². The topological polar surface area (TPSA) is 6.48 Å². The van der Waals surface area contributed by atoms with Gasteiger partial charge in [0.2, 0.25) is 0 Å². The number of hydrogen-bond acceptors (Lipinski definition) is 1. The molecule has 2 radical (unpaired) electrons. The van der Waals surface area contributed by atoms with Crippen LogP contribution < -0.4 is 0 Å². The standard InChI is InChI=1S/C11H19BN2S/c1-11(12)6-4-5-8-9(7-11)14(3)10(15)13(8)2/h8-9H,4-7H2,1-3H3. The molecule has 1 saturated carbocycles. The van der Waals surface area contributed by atoms with Gasteiger partial charge < -0.3 is 9.80 Å². The van der Waals surface area contributed by atoms with E-state index in [4.69, 9.17) is 20.1 Å². The molecule has 2 fully saturated rings. The van der Waals surface area contributed by atoms with Gasteiger partial charge in [0, 0.05) is 14.1 Å². The summed E-state index contributed by atoms with van der Waals surface area (Å²) in [6.07, 6.45) is 4.63. The summed E-state index contributed by atoms with van der Waals surface area (Å²) in [7, 11) is 10.5. The Hall–Kier alpha value is -0.245. The maximum Gasteiger partial charge on any atom is 0.171 e. The van der Waals surface area contributed by atoms with Gasteiger partial charge in [-0.15, -0.1) is 0 Å². The smallest absolute Gasteiger partial charge is 0.171 e. The van der Waals surface area contributed by atoms with Crippen LogP contribution in [0.15, 0.2) is 0 Å². The minimum absolute atomic E-state index is 0.0194. The van der Waals surface area contributed by atoms with E-state index in [-0.39, 0.29) is 5.31 Å². The molecule has 2 rings (SSSR count). The molecule has 4 heteroatoms. The fourth-order valence-electron chi connectivity index (χ4n) is 3.00. The van der Waals surface area contributed by atoms with Gasteiger partial charge in [-0.1, -0.05) is 25.1 Å². The summed E-state index contributed by atoms with van der Waals surface area (Å²) < 4.78 is 0. The Labute approximate surface area is 99.4 Å². The van der Waals surface area contributed by atoms with Crippen LogP contribution >= 0.6 is 12.2 Å². The first kappa shape index (κ1) is 11.2. The second-order valence-corrected chi connectivity index (χ2v) is 5.75. The fourth-order valence-corrected chi connectivity index (χ4v) is 3.27. The van der Waals surface area contributed by atoms with Gasteiger partial charge in [0.05, 0.1) is 19.9 Å². The van der Waals surface area contributed by atoms with Gasteiger partial charge in [-0.2, -0.15) is 0 Å². The fraction of sp³-hybridized carbons (Fsp3) is 0.909. The third-order valence-electron chi connectivity index (χ3n) is 3.97. The van der Waals surface area contributed by atoms with Crippen molar-refractivity contribution in [1.82, 2.24) is 9.80 Å². The SMILES string of the molecule is [B]C1(C)CCCC2C(C1)N(C)C(=S)N2C. The summed E-state index contributed by atoms with van der Waals surface area (Å²) in [6, 6.07) is 1.09. The van der Waals surface area contributed by atoms with E-state index >= 15 is 0 Å². The quantitative estimate of drug-likeness (QED) is 0.456. The Balaban J connectivity index is 2.23. The minimum Gasteiger partial charge on any atom is -0.347 e. The van der Waals surface area contributed by atoms with E-state index in [1.165, 1.54) is 12.8 Å². The highest BCUT2D eigenvalue weighted by Gasteiger charge is 2.43. The van der Waals surface area contributed by atoms with Crippen molar-refractivity contribution in [1.29, 1.82) is 0 Å². The maximum absolute atomic E-state index is 6.30. The van der Waals surface area contributed by atoms with E-state index in [1.807, 2.05) is 0 Å². The first-order valence-corrected chi connectivity index (χ1v) is 6.12. The number of likely N-dealkylation sites (N-methyl/N-ethyl adjacent to an activating group) is 2. The molecule has 0 aromatic heterocycles. The predicted molar refractivity (Wildman–Crippen MR) is 68.3 cm³/mol. The van der Waals surface area contributed by atoms with Crippen LogP contribution in [0, 0.1) is 0 Å². The highest BCUT2D eigenvalue weighted by Crippen LogP contribution is 2.42. The molecular formula is C11H19BN2S. The summed E-state index contributed by atoms with van der Waals surface area (Å²) in [5, 5.41) is 0.955.